The fourth-order valence-electron chi connectivity index (χ4n) is 0.877. The maximum absolute atomic E-state index is 13.2. The fourth-order valence-corrected chi connectivity index (χ4v) is 1.37. The molecule has 1 aromatic rings. The lowest BCUT2D eigenvalue weighted by Gasteiger charge is -2.03. The third-order valence-electron chi connectivity index (χ3n) is 1.50. The van der Waals surface area contributed by atoms with E-state index in [1.807, 2.05) is 0 Å². The second-order valence-corrected chi connectivity index (χ2v) is 3.20. The van der Waals surface area contributed by atoms with Gasteiger partial charge in [0.05, 0.1) is 18.4 Å². The summed E-state index contributed by atoms with van der Waals surface area (Å²) in [6.07, 6.45) is 0. The average Bonchev–Trinajstić information content (AvgIpc) is 2.10. The number of methoxy groups -OCH3 is 1. The van der Waals surface area contributed by atoms with E-state index in [9.17, 15) is 9.18 Å². The molecule has 1 heterocycles. The summed E-state index contributed by atoms with van der Waals surface area (Å²) in [6.45, 7) is 1.48. The van der Waals surface area contributed by atoms with Gasteiger partial charge in [-0.2, -0.15) is 0 Å². The van der Waals surface area contributed by atoms with E-state index in [0.717, 1.165) is 0 Å². The number of aryl methyl sites for hydroxylation is 1. The summed E-state index contributed by atoms with van der Waals surface area (Å²) in [4.78, 5) is 14.8. The predicted molar refractivity (Wildman–Crippen MR) is 48.0 cm³/mol. The van der Waals surface area contributed by atoms with Gasteiger partial charge in [-0.25, -0.2) is 14.2 Å². The van der Waals surface area contributed by atoms with Crippen LogP contribution in [-0.2, 0) is 4.74 Å². The summed E-state index contributed by atoms with van der Waals surface area (Å²) in [5, 5.41) is 0. The molecule has 0 atom stereocenters. The number of carbonyl (C=O) groups excluding carboxylic acids is 1. The first-order valence-corrected chi connectivity index (χ1v) is 4.26. The monoisotopic (exact) mass is 247 g/mol. The number of hydrogen-bond acceptors (Lipinski definition) is 3. The van der Waals surface area contributed by atoms with Gasteiger partial charge in [-0.05, 0) is 28.9 Å². The summed E-state index contributed by atoms with van der Waals surface area (Å²) in [7, 11) is 1.20. The van der Waals surface area contributed by atoms with E-state index in [-0.39, 0.29) is 11.3 Å². The first-order chi connectivity index (χ1) is 6.06. The lowest BCUT2D eigenvalue weighted by molar-refractivity contribution is 0.0595. The first-order valence-electron chi connectivity index (χ1n) is 3.47. The van der Waals surface area contributed by atoms with Gasteiger partial charge in [0.1, 0.15) is 4.60 Å². The van der Waals surface area contributed by atoms with Gasteiger partial charge in [0.2, 0.25) is 0 Å². The van der Waals surface area contributed by atoms with Crippen LogP contribution in [0.25, 0.3) is 0 Å². The van der Waals surface area contributed by atoms with Crippen LogP contribution in [0.1, 0.15) is 16.1 Å². The molecular formula is C8H7BrFNO2. The topological polar surface area (TPSA) is 39.2 Å². The van der Waals surface area contributed by atoms with Crippen LogP contribution in [0.3, 0.4) is 0 Å². The molecule has 1 aromatic heterocycles. The Morgan fingerprint density at radius 3 is 2.85 bits per heavy atom. The lowest BCUT2D eigenvalue weighted by Crippen LogP contribution is -2.07. The quantitative estimate of drug-likeness (QED) is 0.564. The summed E-state index contributed by atoms with van der Waals surface area (Å²) in [5.41, 5.74) is 0.0525. The first kappa shape index (κ1) is 10.1. The number of hydrogen-bond donors (Lipinski definition) is 0. The molecule has 0 saturated heterocycles. The molecule has 0 saturated carbocycles. The number of esters is 1. The Bertz CT molecular complexity index is 354. The molecule has 5 heteroatoms. The molecule has 0 amide bonds. The van der Waals surface area contributed by atoms with Crippen molar-refractivity contribution in [1.82, 2.24) is 4.98 Å². The molecular weight excluding hydrogens is 241 g/mol. The van der Waals surface area contributed by atoms with E-state index in [4.69, 9.17) is 0 Å². The Balaban J connectivity index is 3.28. The number of aromatic nitrogens is 1. The largest absolute Gasteiger partial charge is 0.465 e. The smallest absolute Gasteiger partial charge is 0.341 e. The molecule has 0 radical (unpaired) electrons. The van der Waals surface area contributed by atoms with Crippen LogP contribution < -0.4 is 0 Å². The highest BCUT2D eigenvalue weighted by Crippen LogP contribution is 2.16. The number of rotatable bonds is 1. The summed E-state index contributed by atoms with van der Waals surface area (Å²) in [5.74, 6) is -1.35. The minimum Gasteiger partial charge on any atom is -0.465 e. The zero-order chi connectivity index (χ0) is 10.0. The van der Waals surface area contributed by atoms with Crippen LogP contribution in [-0.4, -0.2) is 18.1 Å². The van der Waals surface area contributed by atoms with Crippen molar-refractivity contribution in [1.29, 1.82) is 0 Å². The normalized spacial score (nSPS) is 9.85. The van der Waals surface area contributed by atoms with Crippen molar-refractivity contribution in [3.8, 4) is 0 Å². The van der Waals surface area contributed by atoms with Gasteiger partial charge < -0.3 is 4.74 Å². The Morgan fingerprint density at radius 2 is 2.31 bits per heavy atom. The van der Waals surface area contributed by atoms with Crippen molar-refractivity contribution in [3.63, 3.8) is 0 Å². The lowest BCUT2D eigenvalue weighted by atomic mass is 10.2. The highest BCUT2D eigenvalue weighted by Gasteiger charge is 2.15. The van der Waals surface area contributed by atoms with Gasteiger partial charge in [0, 0.05) is 0 Å². The molecule has 70 valence electrons. The van der Waals surface area contributed by atoms with E-state index < -0.39 is 11.8 Å². The molecule has 0 aliphatic rings. The maximum atomic E-state index is 13.2. The summed E-state index contributed by atoms with van der Waals surface area (Å²) < 4.78 is 18.0. The van der Waals surface area contributed by atoms with Crippen LogP contribution in [0, 0.1) is 12.7 Å². The highest BCUT2D eigenvalue weighted by molar-refractivity contribution is 9.10. The van der Waals surface area contributed by atoms with Crippen LogP contribution in [0.2, 0.25) is 0 Å². The van der Waals surface area contributed by atoms with E-state index in [2.05, 4.69) is 25.7 Å². The fraction of sp³-hybridized carbons (Fsp3) is 0.250. The van der Waals surface area contributed by atoms with Crippen molar-refractivity contribution in [2.75, 3.05) is 7.11 Å². The standard InChI is InChI=1S/C8H7BrFNO2/c1-4-7(10)5(8(12)13-2)3-6(9)11-4/h3H,1-2H3. The SMILES string of the molecule is COC(=O)c1cc(Br)nc(C)c1F. The maximum Gasteiger partial charge on any atom is 0.341 e. The van der Waals surface area contributed by atoms with Crippen LogP contribution in [0.15, 0.2) is 10.7 Å². The number of halogens is 2. The molecule has 0 aliphatic heterocycles. The molecule has 0 unspecified atom stereocenters. The van der Waals surface area contributed by atoms with Gasteiger partial charge >= 0.3 is 5.97 Å². The number of nitrogens with zero attached hydrogens (tertiary/aromatic N) is 1. The zero-order valence-corrected chi connectivity index (χ0v) is 8.68. The molecule has 0 fully saturated rings. The zero-order valence-electron chi connectivity index (χ0n) is 7.10. The van der Waals surface area contributed by atoms with Crippen LogP contribution in [0.5, 0.6) is 0 Å². The summed E-state index contributed by atoms with van der Waals surface area (Å²) in [6, 6.07) is 1.29. The van der Waals surface area contributed by atoms with Crippen molar-refractivity contribution >= 4 is 21.9 Å². The second-order valence-electron chi connectivity index (χ2n) is 2.38. The van der Waals surface area contributed by atoms with E-state index in [1.165, 1.54) is 20.1 Å². The Hall–Kier alpha value is -0.970. The van der Waals surface area contributed by atoms with Gasteiger partial charge in [0.15, 0.2) is 5.82 Å². The third-order valence-corrected chi connectivity index (χ3v) is 1.90. The molecule has 13 heavy (non-hydrogen) atoms. The van der Waals surface area contributed by atoms with E-state index in [0.29, 0.717) is 4.60 Å². The molecule has 0 aliphatic carbocycles. The third kappa shape index (κ3) is 2.03. The van der Waals surface area contributed by atoms with Crippen molar-refractivity contribution in [2.24, 2.45) is 0 Å². The predicted octanol–water partition coefficient (Wildman–Crippen LogP) is 2.08. The minimum absolute atomic E-state index is 0.109. The molecule has 0 N–H and O–H groups in total. The van der Waals surface area contributed by atoms with Crippen molar-refractivity contribution in [3.05, 3.63) is 27.7 Å². The number of pyridine rings is 1. The van der Waals surface area contributed by atoms with Gasteiger partial charge in [-0.15, -0.1) is 0 Å². The average molecular weight is 248 g/mol. The Morgan fingerprint density at radius 1 is 1.69 bits per heavy atom. The van der Waals surface area contributed by atoms with E-state index in [1.54, 1.807) is 0 Å². The summed E-state index contributed by atoms with van der Waals surface area (Å²) >= 11 is 3.06. The highest BCUT2D eigenvalue weighted by atomic mass is 79.9. The number of ether oxygens (including phenoxy) is 1. The Kier molecular flexibility index (Phi) is 2.98. The van der Waals surface area contributed by atoms with Crippen molar-refractivity contribution < 1.29 is 13.9 Å². The van der Waals surface area contributed by atoms with Gasteiger partial charge in [0.25, 0.3) is 0 Å². The van der Waals surface area contributed by atoms with Crippen molar-refractivity contribution in [2.45, 2.75) is 6.92 Å². The molecule has 0 spiro atoms. The van der Waals surface area contributed by atoms with E-state index >= 15 is 0 Å². The van der Waals surface area contributed by atoms with Gasteiger partial charge in [-0.1, -0.05) is 0 Å². The van der Waals surface area contributed by atoms with Gasteiger partial charge in [-0.3, -0.25) is 0 Å². The molecule has 0 bridgehead atoms. The molecule has 1 rings (SSSR count). The molecule has 0 aromatic carbocycles. The van der Waals surface area contributed by atoms with Crippen LogP contribution in [0.4, 0.5) is 4.39 Å². The second kappa shape index (κ2) is 3.83. The number of carbonyl (C=O) groups is 1. The Labute approximate surface area is 83.1 Å². The molecule has 3 nitrogen and oxygen atoms in total. The van der Waals surface area contributed by atoms with Crippen LogP contribution >= 0.6 is 15.9 Å². The minimum atomic E-state index is -0.705.